The molecule has 3 aromatic heterocycles. The molecule has 7 nitrogen and oxygen atoms in total. The van der Waals surface area contributed by atoms with E-state index < -0.39 is 0 Å². The van der Waals surface area contributed by atoms with E-state index in [4.69, 9.17) is 4.42 Å². The van der Waals surface area contributed by atoms with Crippen LogP contribution in [-0.2, 0) is 0 Å². The topological polar surface area (TPSA) is 62.7 Å². The van der Waals surface area contributed by atoms with Crippen LogP contribution in [0.3, 0.4) is 0 Å². The molecule has 4 aromatic rings. The van der Waals surface area contributed by atoms with Crippen molar-refractivity contribution in [2.45, 2.75) is 6.92 Å². The van der Waals surface area contributed by atoms with Crippen molar-refractivity contribution < 1.29 is 8.81 Å². The molecule has 28 heavy (non-hydrogen) atoms. The van der Waals surface area contributed by atoms with E-state index in [9.17, 15) is 4.39 Å². The average molecular weight is 378 g/mol. The molecule has 1 aliphatic rings. The van der Waals surface area contributed by atoms with Gasteiger partial charge in [0.15, 0.2) is 5.76 Å². The molecule has 0 radical (unpaired) electrons. The van der Waals surface area contributed by atoms with E-state index in [0.29, 0.717) is 23.0 Å². The fourth-order valence-electron chi connectivity index (χ4n) is 3.59. The van der Waals surface area contributed by atoms with Crippen molar-refractivity contribution in [1.82, 2.24) is 19.6 Å². The van der Waals surface area contributed by atoms with E-state index in [1.165, 1.54) is 6.07 Å². The number of halogens is 1. The molecule has 0 atom stereocenters. The van der Waals surface area contributed by atoms with Gasteiger partial charge in [0, 0.05) is 37.9 Å². The molecule has 0 amide bonds. The first-order chi connectivity index (χ1) is 13.7. The van der Waals surface area contributed by atoms with E-state index in [1.807, 2.05) is 37.3 Å². The number of para-hydroxylation sites is 1. The van der Waals surface area contributed by atoms with Gasteiger partial charge in [-0.15, -0.1) is 5.10 Å². The molecule has 0 unspecified atom stereocenters. The minimum atomic E-state index is -0.183. The lowest BCUT2D eigenvalue weighted by Gasteiger charge is -2.37. The summed E-state index contributed by atoms with van der Waals surface area (Å²) in [5.74, 6) is 2.41. The quantitative estimate of drug-likeness (QED) is 0.546. The number of benzene rings is 1. The van der Waals surface area contributed by atoms with Gasteiger partial charge in [0.2, 0.25) is 5.82 Å². The van der Waals surface area contributed by atoms with Crippen LogP contribution in [0.15, 0.2) is 53.1 Å². The molecular formula is C20H19FN6O. The van der Waals surface area contributed by atoms with Gasteiger partial charge < -0.3 is 14.2 Å². The zero-order valence-corrected chi connectivity index (χ0v) is 15.4. The molecular weight excluding hydrogens is 359 g/mol. The highest BCUT2D eigenvalue weighted by molar-refractivity contribution is 5.56. The Morgan fingerprint density at radius 1 is 0.964 bits per heavy atom. The monoisotopic (exact) mass is 378 g/mol. The van der Waals surface area contributed by atoms with Gasteiger partial charge in [-0.3, -0.25) is 0 Å². The number of hydrogen-bond acceptors (Lipinski definition) is 6. The number of rotatable bonds is 3. The number of anilines is 2. The first kappa shape index (κ1) is 16.7. The van der Waals surface area contributed by atoms with E-state index in [-0.39, 0.29) is 5.82 Å². The van der Waals surface area contributed by atoms with Gasteiger partial charge in [0.25, 0.3) is 5.78 Å². The van der Waals surface area contributed by atoms with Crippen molar-refractivity contribution in [3.8, 4) is 11.6 Å². The molecule has 1 fully saturated rings. The smallest absolute Gasteiger partial charge is 0.254 e. The Morgan fingerprint density at radius 3 is 2.50 bits per heavy atom. The lowest BCUT2D eigenvalue weighted by atomic mass is 10.2. The molecule has 1 aliphatic heterocycles. The van der Waals surface area contributed by atoms with Crippen LogP contribution < -0.4 is 9.80 Å². The Hall–Kier alpha value is -3.42. The number of piperazine rings is 1. The average Bonchev–Trinajstić information content (AvgIpc) is 3.37. The van der Waals surface area contributed by atoms with Gasteiger partial charge in [-0.25, -0.2) is 9.37 Å². The Morgan fingerprint density at radius 2 is 1.75 bits per heavy atom. The third-order valence-electron chi connectivity index (χ3n) is 4.96. The second-order valence-electron chi connectivity index (χ2n) is 6.81. The first-order valence-corrected chi connectivity index (χ1v) is 9.22. The zero-order valence-electron chi connectivity index (χ0n) is 15.4. The standard InChI is InChI=1S/C20H19FN6O/c1-14-13-18(27-20(22-14)23-19(24-27)17-7-4-12-28-17)26-10-8-25(9-11-26)16-6-3-2-5-15(16)21/h2-7,12-13H,8-11H2,1H3. The lowest BCUT2D eigenvalue weighted by Crippen LogP contribution is -2.47. The van der Waals surface area contributed by atoms with Crippen LogP contribution in [0.4, 0.5) is 15.9 Å². The third-order valence-corrected chi connectivity index (χ3v) is 4.96. The first-order valence-electron chi connectivity index (χ1n) is 9.22. The summed E-state index contributed by atoms with van der Waals surface area (Å²) < 4.78 is 21.3. The molecule has 0 aliphatic carbocycles. The molecule has 1 saturated heterocycles. The van der Waals surface area contributed by atoms with Crippen molar-refractivity contribution in [1.29, 1.82) is 0 Å². The number of nitrogens with zero attached hydrogens (tertiary/aromatic N) is 6. The minimum Gasteiger partial charge on any atom is -0.461 e. The molecule has 1 aromatic carbocycles. The molecule has 4 heterocycles. The lowest BCUT2D eigenvalue weighted by molar-refractivity contribution is 0.576. The summed E-state index contributed by atoms with van der Waals surface area (Å²) in [5, 5.41) is 4.60. The number of aromatic nitrogens is 4. The second-order valence-corrected chi connectivity index (χ2v) is 6.81. The van der Waals surface area contributed by atoms with Crippen molar-refractivity contribution in [3.05, 3.63) is 60.2 Å². The number of furan rings is 1. The van der Waals surface area contributed by atoms with Crippen LogP contribution in [0.1, 0.15) is 5.69 Å². The predicted molar refractivity (Wildman–Crippen MR) is 104 cm³/mol. The van der Waals surface area contributed by atoms with Gasteiger partial charge >= 0.3 is 0 Å². The maximum Gasteiger partial charge on any atom is 0.254 e. The summed E-state index contributed by atoms with van der Waals surface area (Å²) in [6.07, 6.45) is 1.60. The molecule has 0 spiro atoms. The summed E-state index contributed by atoms with van der Waals surface area (Å²) in [6, 6.07) is 12.6. The van der Waals surface area contributed by atoms with Crippen LogP contribution in [0, 0.1) is 12.7 Å². The van der Waals surface area contributed by atoms with Crippen LogP contribution >= 0.6 is 0 Å². The maximum absolute atomic E-state index is 14.1. The summed E-state index contributed by atoms with van der Waals surface area (Å²) in [4.78, 5) is 13.3. The highest BCUT2D eigenvalue weighted by atomic mass is 19.1. The number of hydrogen-bond donors (Lipinski definition) is 0. The van der Waals surface area contributed by atoms with E-state index >= 15 is 0 Å². The Labute approximate surface area is 161 Å². The summed E-state index contributed by atoms with van der Waals surface area (Å²) in [6.45, 7) is 4.90. The van der Waals surface area contributed by atoms with Crippen molar-refractivity contribution in [2.75, 3.05) is 36.0 Å². The van der Waals surface area contributed by atoms with Crippen molar-refractivity contribution in [2.24, 2.45) is 0 Å². The van der Waals surface area contributed by atoms with Gasteiger partial charge in [-0.05, 0) is 31.2 Å². The van der Waals surface area contributed by atoms with Crippen LogP contribution in [0.5, 0.6) is 0 Å². The Balaban J connectivity index is 1.44. The highest BCUT2D eigenvalue weighted by Gasteiger charge is 2.23. The van der Waals surface area contributed by atoms with Gasteiger partial charge in [-0.1, -0.05) is 12.1 Å². The molecule has 5 rings (SSSR count). The maximum atomic E-state index is 14.1. The van der Waals surface area contributed by atoms with Crippen molar-refractivity contribution in [3.63, 3.8) is 0 Å². The van der Waals surface area contributed by atoms with Crippen molar-refractivity contribution >= 4 is 17.3 Å². The summed E-state index contributed by atoms with van der Waals surface area (Å²) >= 11 is 0. The van der Waals surface area contributed by atoms with E-state index in [0.717, 1.165) is 37.7 Å². The van der Waals surface area contributed by atoms with E-state index in [2.05, 4.69) is 24.9 Å². The number of aryl methyl sites for hydroxylation is 1. The third kappa shape index (κ3) is 2.87. The zero-order chi connectivity index (χ0) is 19.1. The molecule has 0 N–H and O–H groups in total. The van der Waals surface area contributed by atoms with E-state index in [1.54, 1.807) is 16.8 Å². The molecule has 142 valence electrons. The molecule has 8 heteroatoms. The van der Waals surface area contributed by atoms with Crippen LogP contribution in [0.2, 0.25) is 0 Å². The SMILES string of the molecule is Cc1cc(N2CCN(c3ccccc3F)CC2)n2nc(-c3ccco3)nc2n1. The Kier molecular flexibility index (Phi) is 3.96. The predicted octanol–water partition coefficient (Wildman–Crippen LogP) is 3.16. The van der Waals surface area contributed by atoms with Gasteiger partial charge in [0.1, 0.15) is 11.6 Å². The highest BCUT2D eigenvalue weighted by Crippen LogP contribution is 2.25. The molecule has 0 saturated carbocycles. The fourth-order valence-corrected chi connectivity index (χ4v) is 3.59. The minimum absolute atomic E-state index is 0.183. The van der Waals surface area contributed by atoms with Gasteiger partial charge in [-0.2, -0.15) is 9.50 Å². The Bertz CT molecular complexity index is 1120. The van der Waals surface area contributed by atoms with Crippen LogP contribution in [-0.4, -0.2) is 45.8 Å². The van der Waals surface area contributed by atoms with Gasteiger partial charge in [0.05, 0.1) is 12.0 Å². The summed E-state index contributed by atoms with van der Waals surface area (Å²) in [7, 11) is 0. The second kappa shape index (κ2) is 6.63. The van der Waals surface area contributed by atoms with Crippen LogP contribution in [0.25, 0.3) is 17.4 Å². The normalized spacial score (nSPS) is 14.8. The molecule has 0 bridgehead atoms. The largest absolute Gasteiger partial charge is 0.461 e. The fraction of sp³-hybridized carbons (Fsp3) is 0.250. The number of fused-ring (bicyclic) bond motifs is 1. The summed E-state index contributed by atoms with van der Waals surface area (Å²) in [5.41, 5.74) is 1.52.